The topological polar surface area (TPSA) is 66.7 Å². The molecule has 152 valence electrons. The van der Waals surface area contributed by atoms with Crippen LogP contribution in [0.1, 0.15) is 4.88 Å². The Morgan fingerprint density at radius 3 is 2.69 bits per heavy atom. The Morgan fingerprint density at radius 1 is 1.07 bits per heavy atom. The smallest absolute Gasteiger partial charge is 0.147 e. The van der Waals surface area contributed by atoms with Crippen molar-refractivity contribution in [3.8, 4) is 11.3 Å². The first-order valence-corrected chi connectivity index (χ1v) is 11.1. The van der Waals surface area contributed by atoms with E-state index >= 15 is 0 Å². The lowest BCUT2D eigenvalue weighted by Gasteiger charge is -2.28. The molecule has 0 saturated carbocycles. The molecule has 2 saturated heterocycles. The van der Waals surface area contributed by atoms with Crippen LogP contribution in [0.5, 0.6) is 0 Å². The fraction of sp³-hybridized carbons (Fsp3) is 0.409. The number of morpholine rings is 1. The molecule has 0 radical (unpaired) electrons. The predicted molar refractivity (Wildman–Crippen MR) is 121 cm³/mol. The fourth-order valence-electron chi connectivity index (χ4n) is 4.09. The van der Waals surface area contributed by atoms with Crippen molar-refractivity contribution in [3.63, 3.8) is 0 Å². The number of anilines is 2. The van der Waals surface area contributed by atoms with Crippen LogP contribution in [0.2, 0.25) is 0 Å². The largest absolute Gasteiger partial charge is 0.399 e. The maximum Gasteiger partial charge on any atom is 0.147 e. The molecule has 0 atom stereocenters. The second-order valence-electron chi connectivity index (χ2n) is 7.71. The number of fused-ring (bicyclic) bond motifs is 1. The molecule has 4 heterocycles. The van der Waals surface area contributed by atoms with Gasteiger partial charge in [0.05, 0.1) is 23.6 Å². The summed E-state index contributed by atoms with van der Waals surface area (Å²) in [6.45, 7) is 8.65. The van der Waals surface area contributed by atoms with E-state index in [0.717, 1.165) is 81.8 Å². The highest BCUT2D eigenvalue weighted by atomic mass is 32.1. The maximum absolute atomic E-state index is 6.03. The van der Waals surface area contributed by atoms with Crippen molar-refractivity contribution in [2.45, 2.75) is 6.54 Å². The Labute approximate surface area is 175 Å². The van der Waals surface area contributed by atoms with Gasteiger partial charge < -0.3 is 20.7 Å². The summed E-state index contributed by atoms with van der Waals surface area (Å²) >= 11 is 1.89. The number of rotatable bonds is 4. The van der Waals surface area contributed by atoms with Gasteiger partial charge in [0, 0.05) is 61.9 Å². The number of hydrogen-bond acceptors (Lipinski definition) is 7. The van der Waals surface area contributed by atoms with Gasteiger partial charge in [-0.05, 0) is 29.7 Å². The summed E-state index contributed by atoms with van der Waals surface area (Å²) in [7, 11) is 0. The number of piperazine rings is 1. The van der Waals surface area contributed by atoms with E-state index in [-0.39, 0.29) is 0 Å². The molecule has 6 nitrogen and oxygen atoms in total. The molecule has 3 aromatic rings. The van der Waals surface area contributed by atoms with Gasteiger partial charge in [-0.3, -0.25) is 4.90 Å². The molecule has 1 aromatic carbocycles. The van der Waals surface area contributed by atoms with E-state index in [1.165, 1.54) is 15.0 Å². The number of nitrogens with two attached hydrogens (primary N) is 1. The predicted octanol–water partition coefficient (Wildman–Crippen LogP) is 2.79. The Kier molecular flexibility index (Phi) is 5.37. The molecule has 2 aromatic heterocycles. The molecule has 0 unspecified atom stereocenters. The first kappa shape index (κ1) is 18.8. The molecule has 5 rings (SSSR count). The molecule has 2 aliphatic rings. The van der Waals surface area contributed by atoms with Crippen LogP contribution >= 0.6 is 11.3 Å². The second kappa shape index (κ2) is 8.28. The number of nitrogens with zero attached hydrogens (tertiary/aromatic N) is 3. The third-order valence-electron chi connectivity index (χ3n) is 5.62. The third kappa shape index (κ3) is 4.09. The van der Waals surface area contributed by atoms with Crippen molar-refractivity contribution in [3.05, 3.63) is 41.3 Å². The number of pyridine rings is 1. The molecule has 0 spiro atoms. The fourth-order valence-corrected chi connectivity index (χ4v) is 5.28. The summed E-state index contributed by atoms with van der Waals surface area (Å²) in [5, 5.41) is 4.70. The van der Waals surface area contributed by atoms with E-state index in [4.69, 9.17) is 15.5 Å². The SMILES string of the molecule is Nc1cccc(-c2cc3cc(CN4CCNCC4)sc3c(N3CCOCC3)n2)c1. The summed E-state index contributed by atoms with van der Waals surface area (Å²) in [5.74, 6) is 1.08. The first-order valence-electron chi connectivity index (χ1n) is 10.3. The minimum atomic E-state index is 0.755. The van der Waals surface area contributed by atoms with Crippen LogP contribution in [0.15, 0.2) is 36.4 Å². The maximum atomic E-state index is 6.03. The molecule has 7 heteroatoms. The Hall–Kier alpha value is -2.19. The minimum Gasteiger partial charge on any atom is -0.399 e. The molecule has 3 N–H and O–H groups in total. The lowest BCUT2D eigenvalue weighted by Crippen LogP contribution is -2.42. The van der Waals surface area contributed by atoms with Crippen molar-refractivity contribution in [1.82, 2.24) is 15.2 Å². The molecule has 29 heavy (non-hydrogen) atoms. The number of aromatic nitrogens is 1. The van der Waals surface area contributed by atoms with Crippen molar-refractivity contribution in [2.75, 3.05) is 63.1 Å². The van der Waals surface area contributed by atoms with Gasteiger partial charge in [-0.25, -0.2) is 4.98 Å². The van der Waals surface area contributed by atoms with Crippen LogP contribution in [0.4, 0.5) is 11.5 Å². The number of nitrogens with one attached hydrogen (secondary N) is 1. The van der Waals surface area contributed by atoms with Gasteiger partial charge in [0.2, 0.25) is 0 Å². The van der Waals surface area contributed by atoms with E-state index in [9.17, 15) is 0 Å². The summed E-state index contributed by atoms with van der Waals surface area (Å²) in [5.41, 5.74) is 8.85. The number of benzene rings is 1. The van der Waals surface area contributed by atoms with Gasteiger partial charge in [0.15, 0.2) is 0 Å². The Bertz CT molecular complexity index is 992. The van der Waals surface area contributed by atoms with E-state index in [1.54, 1.807) is 0 Å². The second-order valence-corrected chi connectivity index (χ2v) is 8.85. The molecule has 2 aliphatic heterocycles. The molecule has 0 aliphatic carbocycles. The number of thiophene rings is 1. The summed E-state index contributed by atoms with van der Waals surface area (Å²) in [6.07, 6.45) is 0. The van der Waals surface area contributed by atoms with Gasteiger partial charge in [-0.2, -0.15) is 0 Å². The van der Waals surface area contributed by atoms with Gasteiger partial charge >= 0.3 is 0 Å². The molecule has 0 bridgehead atoms. The van der Waals surface area contributed by atoms with E-state index in [1.807, 2.05) is 29.5 Å². The van der Waals surface area contributed by atoms with Crippen molar-refractivity contribution in [2.24, 2.45) is 0 Å². The summed E-state index contributed by atoms with van der Waals surface area (Å²) in [4.78, 5) is 11.4. The zero-order valence-electron chi connectivity index (χ0n) is 16.6. The zero-order chi connectivity index (χ0) is 19.6. The standard InChI is InChI=1S/C22H27N5OS/c23-18-3-1-2-16(12-18)20-14-17-13-19(15-26-6-4-24-5-7-26)29-21(17)22(25-20)27-8-10-28-11-9-27/h1-3,12-14,24H,4-11,15,23H2. The minimum absolute atomic E-state index is 0.755. The number of nitrogen functional groups attached to an aromatic ring is 1. The average Bonchev–Trinajstić information content (AvgIpc) is 3.16. The average molecular weight is 410 g/mol. The van der Waals surface area contributed by atoms with E-state index in [0.29, 0.717) is 0 Å². The van der Waals surface area contributed by atoms with Crippen molar-refractivity contribution < 1.29 is 4.74 Å². The Morgan fingerprint density at radius 2 is 1.90 bits per heavy atom. The lowest BCUT2D eigenvalue weighted by atomic mass is 10.1. The van der Waals surface area contributed by atoms with Crippen molar-refractivity contribution >= 4 is 32.9 Å². The lowest BCUT2D eigenvalue weighted by molar-refractivity contribution is 0.122. The molecular formula is C22H27N5OS. The first-order chi connectivity index (χ1) is 14.3. The third-order valence-corrected chi connectivity index (χ3v) is 6.75. The van der Waals surface area contributed by atoms with Crippen LogP contribution in [0.25, 0.3) is 21.3 Å². The normalized spacial score (nSPS) is 18.4. The van der Waals surface area contributed by atoms with Crippen LogP contribution in [0.3, 0.4) is 0 Å². The quantitative estimate of drug-likeness (QED) is 0.646. The molecule has 2 fully saturated rings. The number of hydrogen-bond donors (Lipinski definition) is 2. The van der Waals surface area contributed by atoms with Gasteiger partial charge in [0.1, 0.15) is 5.82 Å². The van der Waals surface area contributed by atoms with Gasteiger partial charge in [-0.1, -0.05) is 12.1 Å². The molecule has 0 amide bonds. The van der Waals surface area contributed by atoms with E-state index < -0.39 is 0 Å². The van der Waals surface area contributed by atoms with Crippen LogP contribution in [0, 0.1) is 0 Å². The Balaban J connectivity index is 1.56. The van der Waals surface area contributed by atoms with Crippen molar-refractivity contribution in [1.29, 1.82) is 0 Å². The molecular weight excluding hydrogens is 382 g/mol. The monoisotopic (exact) mass is 409 g/mol. The highest BCUT2D eigenvalue weighted by Gasteiger charge is 2.20. The summed E-state index contributed by atoms with van der Waals surface area (Å²) in [6, 6.07) is 12.6. The van der Waals surface area contributed by atoms with Crippen LogP contribution < -0.4 is 16.0 Å². The van der Waals surface area contributed by atoms with Crippen LogP contribution in [-0.4, -0.2) is 62.4 Å². The van der Waals surface area contributed by atoms with Gasteiger partial charge in [0.25, 0.3) is 0 Å². The number of ether oxygens (including phenoxy) is 1. The zero-order valence-corrected chi connectivity index (χ0v) is 17.4. The highest BCUT2D eigenvalue weighted by molar-refractivity contribution is 7.19. The highest BCUT2D eigenvalue weighted by Crippen LogP contribution is 2.37. The van der Waals surface area contributed by atoms with E-state index in [2.05, 4.69) is 33.3 Å². The van der Waals surface area contributed by atoms with Gasteiger partial charge in [-0.15, -0.1) is 11.3 Å². The van der Waals surface area contributed by atoms with Crippen LogP contribution in [-0.2, 0) is 11.3 Å². The summed E-state index contributed by atoms with van der Waals surface area (Å²) < 4.78 is 6.86.